The lowest BCUT2D eigenvalue weighted by atomic mass is 10.1. The molecule has 1 amide bonds. The van der Waals surface area contributed by atoms with Gasteiger partial charge in [0.15, 0.2) is 5.82 Å². The van der Waals surface area contributed by atoms with Gasteiger partial charge in [0.05, 0.1) is 11.3 Å². The van der Waals surface area contributed by atoms with E-state index in [0.29, 0.717) is 28.6 Å². The van der Waals surface area contributed by atoms with E-state index in [1.165, 1.54) is 6.33 Å². The molecular formula is C20H20N8O. The first-order valence-corrected chi connectivity index (χ1v) is 9.02. The number of carbonyl (C=O) groups is 1. The van der Waals surface area contributed by atoms with E-state index in [0.717, 1.165) is 11.4 Å². The summed E-state index contributed by atoms with van der Waals surface area (Å²) in [4.78, 5) is 21.0. The van der Waals surface area contributed by atoms with Crippen molar-refractivity contribution in [2.75, 3.05) is 10.6 Å². The van der Waals surface area contributed by atoms with Crippen LogP contribution in [-0.4, -0.2) is 35.4 Å². The highest BCUT2D eigenvalue weighted by Gasteiger charge is 2.17. The van der Waals surface area contributed by atoms with Crippen molar-refractivity contribution in [3.05, 3.63) is 72.1 Å². The third kappa shape index (κ3) is 3.84. The molecule has 0 radical (unpaired) electrons. The molecule has 146 valence electrons. The normalized spacial score (nSPS) is 10.7. The molecule has 4 aromatic rings. The van der Waals surface area contributed by atoms with E-state index in [2.05, 4.69) is 30.8 Å². The quantitative estimate of drug-likeness (QED) is 0.545. The topological polar surface area (TPSA) is 103 Å². The Morgan fingerprint density at radius 3 is 2.48 bits per heavy atom. The molecule has 0 spiro atoms. The van der Waals surface area contributed by atoms with Crippen LogP contribution in [-0.2, 0) is 7.05 Å². The summed E-state index contributed by atoms with van der Waals surface area (Å²) in [5, 5.41) is 14.6. The van der Waals surface area contributed by atoms with Gasteiger partial charge in [-0.2, -0.15) is 10.2 Å². The SMILES string of the molecule is Cc1nn(C)c(C)c1C(=O)Nc1ccc(Nc2cc(-n3cccn3)ncn2)cc1. The van der Waals surface area contributed by atoms with Crippen LogP contribution in [0.1, 0.15) is 21.7 Å². The van der Waals surface area contributed by atoms with Gasteiger partial charge in [0, 0.05) is 42.6 Å². The van der Waals surface area contributed by atoms with Crippen LogP contribution in [0.4, 0.5) is 17.2 Å². The van der Waals surface area contributed by atoms with Gasteiger partial charge in [-0.3, -0.25) is 9.48 Å². The third-order valence-electron chi connectivity index (χ3n) is 4.54. The lowest BCUT2D eigenvalue weighted by Crippen LogP contribution is -2.14. The maximum absolute atomic E-state index is 12.6. The Morgan fingerprint density at radius 2 is 1.83 bits per heavy atom. The van der Waals surface area contributed by atoms with Gasteiger partial charge >= 0.3 is 0 Å². The molecule has 3 heterocycles. The van der Waals surface area contributed by atoms with E-state index >= 15 is 0 Å². The van der Waals surface area contributed by atoms with Crippen molar-refractivity contribution in [1.82, 2.24) is 29.5 Å². The van der Waals surface area contributed by atoms with Gasteiger partial charge in [0.1, 0.15) is 12.1 Å². The Kier molecular flexibility index (Phi) is 4.78. The second kappa shape index (κ2) is 7.55. The van der Waals surface area contributed by atoms with Gasteiger partial charge in [-0.1, -0.05) is 0 Å². The number of nitrogens with zero attached hydrogens (tertiary/aromatic N) is 6. The molecule has 29 heavy (non-hydrogen) atoms. The van der Waals surface area contributed by atoms with E-state index in [4.69, 9.17) is 0 Å². The molecule has 0 fully saturated rings. The van der Waals surface area contributed by atoms with E-state index < -0.39 is 0 Å². The Bertz CT molecular complexity index is 1150. The minimum absolute atomic E-state index is 0.173. The Labute approximate surface area is 167 Å². The summed E-state index contributed by atoms with van der Waals surface area (Å²) in [6.07, 6.45) is 4.98. The predicted molar refractivity (Wildman–Crippen MR) is 110 cm³/mol. The van der Waals surface area contributed by atoms with Crippen molar-refractivity contribution in [2.24, 2.45) is 7.05 Å². The van der Waals surface area contributed by atoms with Crippen molar-refractivity contribution >= 4 is 23.1 Å². The van der Waals surface area contributed by atoms with Gasteiger partial charge in [-0.15, -0.1) is 0 Å². The molecule has 0 aliphatic carbocycles. The third-order valence-corrected chi connectivity index (χ3v) is 4.54. The maximum Gasteiger partial charge on any atom is 0.259 e. The number of hydrogen-bond acceptors (Lipinski definition) is 6. The minimum atomic E-state index is -0.173. The Morgan fingerprint density at radius 1 is 1.07 bits per heavy atom. The van der Waals surface area contributed by atoms with Crippen LogP contribution in [0, 0.1) is 13.8 Å². The number of rotatable bonds is 5. The molecule has 0 saturated carbocycles. The summed E-state index contributed by atoms with van der Waals surface area (Å²) in [5.74, 6) is 1.14. The largest absolute Gasteiger partial charge is 0.340 e. The number of carbonyl (C=O) groups excluding carboxylic acids is 1. The van der Waals surface area contributed by atoms with Gasteiger partial charge in [-0.25, -0.2) is 14.6 Å². The van der Waals surface area contributed by atoms with Crippen molar-refractivity contribution in [2.45, 2.75) is 13.8 Å². The first-order valence-electron chi connectivity index (χ1n) is 9.02. The second-order valence-electron chi connectivity index (χ2n) is 6.54. The van der Waals surface area contributed by atoms with Crippen LogP contribution in [0.3, 0.4) is 0 Å². The Balaban J connectivity index is 1.46. The highest BCUT2D eigenvalue weighted by atomic mass is 16.1. The summed E-state index contributed by atoms with van der Waals surface area (Å²) in [7, 11) is 1.82. The number of nitrogens with one attached hydrogen (secondary N) is 2. The predicted octanol–water partition coefficient (Wildman–Crippen LogP) is 3.01. The smallest absolute Gasteiger partial charge is 0.259 e. The first-order chi connectivity index (χ1) is 14.0. The van der Waals surface area contributed by atoms with E-state index in [9.17, 15) is 4.79 Å². The Hall–Kier alpha value is -4.01. The van der Waals surface area contributed by atoms with Crippen LogP contribution in [0.25, 0.3) is 5.82 Å². The zero-order valence-electron chi connectivity index (χ0n) is 16.3. The van der Waals surface area contributed by atoms with E-state index in [1.807, 2.05) is 57.4 Å². The number of anilines is 3. The molecular weight excluding hydrogens is 368 g/mol. The second-order valence-corrected chi connectivity index (χ2v) is 6.54. The summed E-state index contributed by atoms with van der Waals surface area (Å²) in [6.45, 7) is 3.70. The van der Waals surface area contributed by atoms with Crippen molar-refractivity contribution in [3.8, 4) is 5.82 Å². The number of aryl methyl sites for hydroxylation is 2. The van der Waals surface area contributed by atoms with Gasteiger partial charge in [-0.05, 0) is 44.2 Å². The molecule has 0 unspecified atom stereocenters. The number of aromatic nitrogens is 6. The average molecular weight is 388 g/mol. The van der Waals surface area contributed by atoms with Gasteiger partial charge in [0.2, 0.25) is 0 Å². The molecule has 0 saturated heterocycles. The number of benzene rings is 1. The van der Waals surface area contributed by atoms with Crippen molar-refractivity contribution < 1.29 is 4.79 Å². The summed E-state index contributed by atoms with van der Waals surface area (Å²) in [5.41, 5.74) is 3.67. The molecule has 0 aliphatic rings. The average Bonchev–Trinajstić information content (AvgIpc) is 3.32. The molecule has 0 aliphatic heterocycles. The zero-order valence-corrected chi connectivity index (χ0v) is 16.3. The highest BCUT2D eigenvalue weighted by Crippen LogP contribution is 2.20. The summed E-state index contributed by atoms with van der Waals surface area (Å²) < 4.78 is 3.37. The fourth-order valence-corrected chi connectivity index (χ4v) is 3.03. The van der Waals surface area contributed by atoms with Gasteiger partial charge in [0.25, 0.3) is 5.91 Å². The monoisotopic (exact) mass is 388 g/mol. The summed E-state index contributed by atoms with van der Waals surface area (Å²) >= 11 is 0. The van der Waals surface area contributed by atoms with E-state index in [-0.39, 0.29) is 5.91 Å². The van der Waals surface area contributed by atoms with Crippen LogP contribution < -0.4 is 10.6 Å². The fraction of sp³-hybridized carbons (Fsp3) is 0.150. The molecule has 0 bridgehead atoms. The molecule has 9 nitrogen and oxygen atoms in total. The molecule has 4 rings (SSSR count). The molecule has 2 N–H and O–H groups in total. The number of amides is 1. The first kappa shape index (κ1) is 18.4. The van der Waals surface area contributed by atoms with Gasteiger partial charge < -0.3 is 10.6 Å². The highest BCUT2D eigenvalue weighted by molar-refractivity contribution is 6.05. The standard InChI is InChI=1S/C20H20N8O/c1-13-19(14(2)27(3)26-13)20(29)25-16-7-5-15(6-8-16)24-17-11-18(22-12-21-17)28-10-4-9-23-28/h4-12H,1-3H3,(H,25,29)(H,21,22,24). The number of hydrogen-bond donors (Lipinski definition) is 2. The van der Waals surface area contributed by atoms with Crippen molar-refractivity contribution in [1.29, 1.82) is 0 Å². The van der Waals surface area contributed by atoms with E-state index in [1.54, 1.807) is 21.6 Å². The fourth-order valence-electron chi connectivity index (χ4n) is 3.03. The van der Waals surface area contributed by atoms with Crippen LogP contribution >= 0.6 is 0 Å². The minimum Gasteiger partial charge on any atom is -0.340 e. The molecule has 0 atom stereocenters. The maximum atomic E-state index is 12.6. The van der Waals surface area contributed by atoms with Crippen LogP contribution in [0.2, 0.25) is 0 Å². The lowest BCUT2D eigenvalue weighted by molar-refractivity contribution is 0.102. The van der Waals surface area contributed by atoms with Crippen molar-refractivity contribution in [3.63, 3.8) is 0 Å². The van der Waals surface area contributed by atoms with Crippen LogP contribution in [0.5, 0.6) is 0 Å². The zero-order chi connectivity index (χ0) is 20.4. The molecule has 9 heteroatoms. The summed E-state index contributed by atoms with van der Waals surface area (Å²) in [6, 6.07) is 11.0. The van der Waals surface area contributed by atoms with Crippen LogP contribution in [0.15, 0.2) is 55.1 Å². The lowest BCUT2D eigenvalue weighted by Gasteiger charge is -2.09. The molecule has 3 aromatic heterocycles. The molecule has 1 aromatic carbocycles.